The summed E-state index contributed by atoms with van der Waals surface area (Å²) in [4.78, 5) is 22.5. The number of nitrogens with zero attached hydrogens (tertiary/aromatic N) is 1. The maximum Gasteiger partial charge on any atom is 0.490 e. The largest absolute Gasteiger partial charge is 0.490 e. The van der Waals surface area contributed by atoms with Crippen molar-refractivity contribution in [3.05, 3.63) is 29.3 Å². The average Bonchev–Trinajstić information content (AvgIpc) is 2.62. The van der Waals surface area contributed by atoms with E-state index in [9.17, 15) is 31.5 Å². The van der Waals surface area contributed by atoms with Crippen molar-refractivity contribution in [3.63, 3.8) is 0 Å². The van der Waals surface area contributed by atoms with Crippen molar-refractivity contribution < 1.29 is 41.4 Å². The molecule has 0 unspecified atom stereocenters. The first-order valence-electron chi connectivity index (χ1n) is 8.31. The Balaban J connectivity index is 0.000000553. The highest BCUT2D eigenvalue weighted by Gasteiger charge is 2.44. The number of rotatable bonds is 5. The molecule has 1 aromatic carbocycles. The van der Waals surface area contributed by atoms with Crippen molar-refractivity contribution in [2.45, 2.75) is 34.7 Å². The van der Waals surface area contributed by atoms with Gasteiger partial charge in [0.25, 0.3) is 0 Å². The molecule has 0 spiro atoms. The smallest absolute Gasteiger partial charge is 0.480 e. The molecule has 0 bridgehead atoms. The summed E-state index contributed by atoms with van der Waals surface area (Å²) in [7, 11) is -2.13. The lowest BCUT2D eigenvalue weighted by molar-refractivity contribution is -0.192. The maximum absolute atomic E-state index is 12.5. The minimum atomic E-state index is -5.08. The van der Waals surface area contributed by atoms with E-state index >= 15 is 0 Å². The van der Waals surface area contributed by atoms with Crippen LogP contribution in [0.1, 0.15) is 12.8 Å². The Labute approximate surface area is 181 Å². The minimum Gasteiger partial charge on any atom is -0.480 e. The number of aliphatic carboxylic acids is 2. The Morgan fingerprint density at radius 1 is 1.23 bits per heavy atom. The van der Waals surface area contributed by atoms with E-state index in [4.69, 9.17) is 21.5 Å². The van der Waals surface area contributed by atoms with Gasteiger partial charge in [-0.2, -0.15) is 30.5 Å². The predicted molar refractivity (Wildman–Crippen MR) is 105 cm³/mol. The van der Waals surface area contributed by atoms with Crippen molar-refractivity contribution >= 4 is 46.2 Å². The molecule has 2 rings (SSSR count). The van der Waals surface area contributed by atoms with Crippen LogP contribution < -0.4 is 4.72 Å². The summed E-state index contributed by atoms with van der Waals surface area (Å²) in [6.07, 6.45) is -4.15. The number of carboxylic acids is 2. The molecule has 0 aliphatic carbocycles. The summed E-state index contributed by atoms with van der Waals surface area (Å²) in [6.45, 7) is 1.31. The molecular weight excluding hydrogens is 473 g/mol. The number of benzene rings is 1. The first-order valence-corrected chi connectivity index (χ1v) is 10.6. The van der Waals surface area contributed by atoms with Crippen molar-refractivity contribution in [1.82, 2.24) is 9.62 Å². The molecule has 0 amide bonds. The fraction of sp³-hybridized carbons (Fsp3) is 0.500. The number of sulfonamides is 1. The molecule has 0 aromatic heterocycles. The molecule has 14 heteroatoms. The number of thiol groups is 1. The second-order valence-electron chi connectivity index (χ2n) is 6.53. The van der Waals surface area contributed by atoms with Gasteiger partial charge in [-0.3, -0.25) is 4.79 Å². The summed E-state index contributed by atoms with van der Waals surface area (Å²) in [6, 6.07) is 4.58. The topological polar surface area (TPSA) is 124 Å². The average molecular weight is 493 g/mol. The molecule has 0 radical (unpaired) electrons. The Bertz CT molecular complexity index is 874. The fourth-order valence-electron chi connectivity index (χ4n) is 2.57. The Hall–Kier alpha value is -1.54. The lowest BCUT2D eigenvalue weighted by Crippen LogP contribution is -2.57. The van der Waals surface area contributed by atoms with Gasteiger partial charge in [0.2, 0.25) is 10.0 Å². The Morgan fingerprint density at radius 3 is 2.10 bits per heavy atom. The lowest BCUT2D eigenvalue weighted by Gasteiger charge is -2.40. The van der Waals surface area contributed by atoms with Gasteiger partial charge in [-0.05, 0) is 45.1 Å². The molecule has 3 N–H and O–H groups in total. The van der Waals surface area contributed by atoms with E-state index in [0.717, 1.165) is 0 Å². The van der Waals surface area contributed by atoms with Crippen LogP contribution in [0.15, 0.2) is 29.2 Å². The maximum atomic E-state index is 12.5. The van der Waals surface area contributed by atoms with E-state index < -0.39 is 38.9 Å². The third-order valence-corrected chi connectivity index (χ3v) is 6.91. The van der Waals surface area contributed by atoms with Crippen molar-refractivity contribution in [2.75, 3.05) is 20.1 Å². The third kappa shape index (κ3) is 7.30. The van der Waals surface area contributed by atoms with Gasteiger partial charge in [0, 0.05) is 4.75 Å². The van der Waals surface area contributed by atoms with Crippen molar-refractivity contribution in [1.29, 1.82) is 0 Å². The summed E-state index contributed by atoms with van der Waals surface area (Å²) in [5.74, 6) is -4.01. The van der Waals surface area contributed by atoms with E-state index in [1.807, 2.05) is 7.05 Å². The first kappa shape index (κ1) is 26.5. The number of halogens is 4. The van der Waals surface area contributed by atoms with Gasteiger partial charge in [-0.15, -0.1) is 0 Å². The Morgan fingerprint density at radius 2 is 1.70 bits per heavy atom. The van der Waals surface area contributed by atoms with Crippen LogP contribution in [0.4, 0.5) is 13.2 Å². The minimum absolute atomic E-state index is 0.0423. The molecule has 1 aliphatic rings. The number of carboxylic acid groups (broad SMARTS) is 2. The van der Waals surface area contributed by atoms with E-state index in [1.165, 1.54) is 18.2 Å². The second kappa shape index (κ2) is 10.2. The normalized spacial score (nSPS) is 18.1. The van der Waals surface area contributed by atoms with Gasteiger partial charge >= 0.3 is 18.1 Å². The summed E-state index contributed by atoms with van der Waals surface area (Å²) in [5.41, 5.74) is 0. The van der Waals surface area contributed by atoms with Gasteiger partial charge in [0.15, 0.2) is 0 Å². The molecule has 1 aliphatic heterocycles. The number of likely N-dealkylation sites (tertiary alicyclic amines) is 1. The van der Waals surface area contributed by atoms with Crippen LogP contribution in [0, 0.1) is 0 Å². The van der Waals surface area contributed by atoms with Crippen LogP contribution in [-0.4, -0.2) is 72.6 Å². The number of hydrogen-bond acceptors (Lipinski definition) is 6. The van der Waals surface area contributed by atoms with Crippen LogP contribution in [0.2, 0.25) is 5.02 Å². The zero-order chi connectivity index (χ0) is 23.3. The van der Waals surface area contributed by atoms with Crippen LogP contribution >= 0.6 is 24.2 Å². The van der Waals surface area contributed by atoms with Crippen LogP contribution in [0.25, 0.3) is 0 Å². The molecule has 8 nitrogen and oxygen atoms in total. The van der Waals surface area contributed by atoms with Crippen molar-refractivity contribution in [2.24, 2.45) is 0 Å². The molecule has 1 fully saturated rings. The van der Waals surface area contributed by atoms with E-state index in [0.29, 0.717) is 25.9 Å². The third-order valence-electron chi connectivity index (χ3n) is 4.28. The predicted octanol–water partition coefficient (Wildman–Crippen LogP) is 2.10. The molecule has 30 heavy (non-hydrogen) atoms. The van der Waals surface area contributed by atoms with E-state index in [2.05, 4.69) is 22.3 Å². The van der Waals surface area contributed by atoms with Gasteiger partial charge < -0.3 is 15.1 Å². The summed E-state index contributed by atoms with van der Waals surface area (Å²) < 4.78 is 58.1. The number of nitrogens with one attached hydrogen (secondary N) is 1. The first-order chi connectivity index (χ1) is 13.6. The molecule has 170 valence electrons. The quantitative estimate of drug-likeness (QED) is 0.464. The highest BCUT2D eigenvalue weighted by atomic mass is 35.5. The number of piperidine rings is 1. The highest BCUT2D eigenvalue weighted by molar-refractivity contribution is 7.89. The van der Waals surface area contributed by atoms with E-state index in [-0.39, 0.29) is 9.92 Å². The van der Waals surface area contributed by atoms with Crippen molar-refractivity contribution in [3.8, 4) is 0 Å². The van der Waals surface area contributed by atoms with Gasteiger partial charge in [0.1, 0.15) is 10.9 Å². The molecule has 1 heterocycles. The summed E-state index contributed by atoms with van der Waals surface area (Å²) >= 11 is 10.4. The molecular formula is C16H20ClF3N2O6S2. The SMILES string of the molecule is CN1CCC(S)([C@H](NS(=O)(=O)c2ccccc2Cl)C(=O)O)CC1.O=C(O)C(F)(F)F. The van der Waals surface area contributed by atoms with Gasteiger partial charge in [0.05, 0.1) is 5.02 Å². The molecule has 0 saturated carbocycles. The number of alkyl halides is 3. The van der Waals surface area contributed by atoms with E-state index in [1.54, 1.807) is 6.07 Å². The number of carbonyl (C=O) groups is 2. The van der Waals surface area contributed by atoms with Crippen LogP contribution in [-0.2, 0) is 19.6 Å². The lowest BCUT2D eigenvalue weighted by atomic mass is 9.89. The highest BCUT2D eigenvalue weighted by Crippen LogP contribution is 2.33. The standard InChI is InChI=1S/C14H19ClN2O4S2.C2HF3O2/c1-17-8-6-14(22,7-9-17)12(13(18)19)16-23(20,21)11-5-3-2-4-10(11)15;3-2(4,5)1(6)7/h2-5,12,16,22H,6-9H2,1H3,(H,18,19);(H,6,7)/t12-;/m1./s1. The van der Waals surface area contributed by atoms with Gasteiger partial charge in [-0.1, -0.05) is 23.7 Å². The van der Waals surface area contributed by atoms with Crippen LogP contribution in [0.5, 0.6) is 0 Å². The zero-order valence-electron chi connectivity index (χ0n) is 15.6. The number of hydrogen-bond donors (Lipinski definition) is 4. The Kier molecular flexibility index (Phi) is 8.99. The zero-order valence-corrected chi connectivity index (χ0v) is 18.0. The fourth-order valence-corrected chi connectivity index (χ4v) is 4.81. The van der Waals surface area contributed by atoms with Gasteiger partial charge in [-0.25, -0.2) is 13.2 Å². The molecule has 1 saturated heterocycles. The second-order valence-corrected chi connectivity index (χ2v) is 9.51. The monoisotopic (exact) mass is 492 g/mol. The van der Waals surface area contributed by atoms with Crippen LogP contribution in [0.3, 0.4) is 0 Å². The molecule has 1 atom stereocenters. The molecule has 1 aromatic rings. The summed E-state index contributed by atoms with van der Waals surface area (Å²) in [5, 5.41) is 16.7.